The van der Waals surface area contributed by atoms with Crippen LogP contribution < -0.4 is 10.5 Å². The molecule has 1 saturated carbocycles. The van der Waals surface area contributed by atoms with Crippen LogP contribution in [0.2, 0.25) is 5.02 Å². The molecule has 0 saturated heterocycles. The summed E-state index contributed by atoms with van der Waals surface area (Å²) in [5.41, 5.74) is 5.13. The van der Waals surface area contributed by atoms with Crippen molar-refractivity contribution < 1.29 is 12.8 Å². The number of sulfonamides is 1. The molecular weight excluding hydrogens is 279 g/mol. The van der Waals surface area contributed by atoms with Crippen molar-refractivity contribution in [3.05, 3.63) is 23.0 Å². The van der Waals surface area contributed by atoms with Crippen LogP contribution in [0.1, 0.15) is 19.8 Å². The van der Waals surface area contributed by atoms with Gasteiger partial charge in [0.05, 0.1) is 10.7 Å². The SMILES string of the molecule is CC1CC(NS(=O)(=O)c2cc(N)c(F)cc2Cl)C1. The van der Waals surface area contributed by atoms with E-state index < -0.39 is 15.8 Å². The van der Waals surface area contributed by atoms with Crippen molar-refractivity contribution in [1.29, 1.82) is 0 Å². The molecule has 1 aliphatic rings. The van der Waals surface area contributed by atoms with Gasteiger partial charge in [-0.3, -0.25) is 0 Å². The van der Waals surface area contributed by atoms with E-state index in [0.717, 1.165) is 25.0 Å². The zero-order valence-corrected chi connectivity index (χ0v) is 11.4. The van der Waals surface area contributed by atoms with Crippen molar-refractivity contribution >= 4 is 27.3 Å². The number of anilines is 1. The van der Waals surface area contributed by atoms with E-state index in [1.807, 2.05) is 6.92 Å². The van der Waals surface area contributed by atoms with Crippen molar-refractivity contribution in [3.63, 3.8) is 0 Å². The molecule has 0 bridgehead atoms. The summed E-state index contributed by atoms with van der Waals surface area (Å²) in [6.45, 7) is 2.05. The van der Waals surface area contributed by atoms with Gasteiger partial charge in [0.1, 0.15) is 10.7 Å². The Bertz CT molecular complexity index is 571. The molecule has 1 fully saturated rings. The lowest BCUT2D eigenvalue weighted by Crippen LogP contribution is -2.43. The molecule has 0 atom stereocenters. The summed E-state index contributed by atoms with van der Waals surface area (Å²) in [6, 6.07) is 1.88. The van der Waals surface area contributed by atoms with E-state index in [9.17, 15) is 12.8 Å². The van der Waals surface area contributed by atoms with Crippen molar-refractivity contribution in [2.24, 2.45) is 5.92 Å². The Morgan fingerprint density at radius 2 is 2.06 bits per heavy atom. The average molecular weight is 293 g/mol. The topological polar surface area (TPSA) is 72.2 Å². The molecule has 3 N–H and O–H groups in total. The number of benzene rings is 1. The van der Waals surface area contributed by atoms with Gasteiger partial charge in [0, 0.05) is 6.04 Å². The van der Waals surface area contributed by atoms with E-state index in [-0.39, 0.29) is 21.6 Å². The summed E-state index contributed by atoms with van der Waals surface area (Å²) >= 11 is 5.74. The minimum absolute atomic E-state index is 0.0765. The Hall–Kier alpha value is -0.850. The van der Waals surface area contributed by atoms with Gasteiger partial charge in [-0.25, -0.2) is 17.5 Å². The number of halogens is 2. The zero-order valence-electron chi connectivity index (χ0n) is 9.78. The molecule has 0 aliphatic heterocycles. The van der Waals surface area contributed by atoms with Crippen LogP contribution in [0.25, 0.3) is 0 Å². The number of hydrogen-bond acceptors (Lipinski definition) is 3. The maximum Gasteiger partial charge on any atom is 0.242 e. The van der Waals surface area contributed by atoms with Gasteiger partial charge in [-0.05, 0) is 30.9 Å². The number of nitrogens with two attached hydrogens (primary N) is 1. The fourth-order valence-electron chi connectivity index (χ4n) is 2.03. The molecule has 1 aromatic carbocycles. The molecule has 1 aromatic rings. The highest BCUT2D eigenvalue weighted by atomic mass is 35.5. The van der Waals surface area contributed by atoms with Crippen LogP contribution in [-0.4, -0.2) is 14.5 Å². The normalized spacial score (nSPS) is 23.7. The Morgan fingerprint density at radius 1 is 1.44 bits per heavy atom. The largest absolute Gasteiger partial charge is 0.396 e. The Labute approximate surface area is 110 Å². The fourth-order valence-corrected chi connectivity index (χ4v) is 3.84. The molecule has 7 heteroatoms. The molecule has 0 aromatic heterocycles. The predicted octanol–water partition coefficient (Wildman–Crippen LogP) is 2.14. The molecule has 0 amide bonds. The van der Waals surface area contributed by atoms with Crippen molar-refractivity contribution in [1.82, 2.24) is 4.72 Å². The van der Waals surface area contributed by atoms with Crippen LogP contribution in [0, 0.1) is 11.7 Å². The van der Waals surface area contributed by atoms with Crippen molar-refractivity contribution in [2.75, 3.05) is 5.73 Å². The Balaban J connectivity index is 2.27. The Morgan fingerprint density at radius 3 is 2.61 bits per heavy atom. The minimum atomic E-state index is -3.74. The maximum atomic E-state index is 13.1. The van der Waals surface area contributed by atoms with Crippen LogP contribution in [0.3, 0.4) is 0 Å². The second-order valence-electron chi connectivity index (χ2n) is 4.70. The molecule has 1 aliphatic carbocycles. The van der Waals surface area contributed by atoms with E-state index in [1.165, 1.54) is 0 Å². The van der Waals surface area contributed by atoms with Gasteiger partial charge in [-0.2, -0.15) is 0 Å². The summed E-state index contributed by atoms with van der Waals surface area (Å²) in [5, 5.41) is -0.165. The summed E-state index contributed by atoms with van der Waals surface area (Å²) in [7, 11) is -3.74. The van der Waals surface area contributed by atoms with E-state index >= 15 is 0 Å². The zero-order chi connectivity index (χ0) is 13.5. The van der Waals surface area contributed by atoms with Crippen LogP contribution in [0.4, 0.5) is 10.1 Å². The summed E-state index contributed by atoms with van der Waals surface area (Å²) < 4.78 is 39.8. The number of rotatable bonds is 3. The van der Waals surface area contributed by atoms with E-state index in [0.29, 0.717) is 5.92 Å². The van der Waals surface area contributed by atoms with Gasteiger partial charge in [0.2, 0.25) is 10.0 Å². The van der Waals surface area contributed by atoms with Gasteiger partial charge < -0.3 is 5.73 Å². The summed E-state index contributed by atoms with van der Waals surface area (Å²) in [4.78, 5) is -0.178. The molecule has 2 rings (SSSR count). The van der Waals surface area contributed by atoms with Crippen LogP contribution >= 0.6 is 11.6 Å². The monoisotopic (exact) mass is 292 g/mol. The van der Waals surface area contributed by atoms with Gasteiger partial charge in [-0.15, -0.1) is 0 Å². The average Bonchev–Trinajstić information content (AvgIpc) is 2.20. The molecule has 0 unspecified atom stereocenters. The number of hydrogen-bond donors (Lipinski definition) is 2. The van der Waals surface area contributed by atoms with Crippen LogP contribution in [0.5, 0.6) is 0 Å². The second kappa shape index (κ2) is 4.68. The van der Waals surface area contributed by atoms with Crippen molar-refractivity contribution in [2.45, 2.75) is 30.7 Å². The molecule has 0 heterocycles. The van der Waals surface area contributed by atoms with Crippen LogP contribution in [0.15, 0.2) is 17.0 Å². The summed E-state index contributed by atoms with van der Waals surface area (Å²) in [6.07, 6.45) is 1.60. The third-order valence-electron chi connectivity index (χ3n) is 3.04. The molecular formula is C11H14ClFN2O2S. The molecule has 18 heavy (non-hydrogen) atoms. The van der Waals surface area contributed by atoms with Crippen molar-refractivity contribution in [3.8, 4) is 0 Å². The lowest BCUT2D eigenvalue weighted by molar-refractivity contribution is 0.270. The van der Waals surface area contributed by atoms with Gasteiger partial charge in [0.25, 0.3) is 0 Å². The first kappa shape index (κ1) is 13.6. The third-order valence-corrected chi connectivity index (χ3v) is 5.02. The van der Waals surface area contributed by atoms with Gasteiger partial charge in [-0.1, -0.05) is 18.5 Å². The smallest absolute Gasteiger partial charge is 0.242 e. The second-order valence-corrected chi connectivity index (χ2v) is 6.79. The number of nitrogens with one attached hydrogen (secondary N) is 1. The van der Waals surface area contributed by atoms with Gasteiger partial charge >= 0.3 is 0 Å². The van der Waals surface area contributed by atoms with Crippen LogP contribution in [-0.2, 0) is 10.0 Å². The van der Waals surface area contributed by atoms with E-state index in [2.05, 4.69) is 4.72 Å². The highest BCUT2D eigenvalue weighted by Gasteiger charge is 2.31. The number of nitrogen functional groups attached to an aromatic ring is 1. The fraction of sp³-hybridized carbons (Fsp3) is 0.455. The Kier molecular flexibility index (Phi) is 3.53. The maximum absolute atomic E-state index is 13.1. The third kappa shape index (κ3) is 2.60. The van der Waals surface area contributed by atoms with E-state index in [1.54, 1.807) is 0 Å². The quantitative estimate of drug-likeness (QED) is 0.838. The first-order valence-corrected chi connectivity index (χ1v) is 7.42. The summed E-state index contributed by atoms with van der Waals surface area (Å²) in [5.74, 6) is -0.206. The molecule has 0 radical (unpaired) electrons. The van der Waals surface area contributed by atoms with Gasteiger partial charge in [0.15, 0.2) is 0 Å². The molecule has 0 spiro atoms. The minimum Gasteiger partial charge on any atom is -0.396 e. The predicted molar refractivity (Wildman–Crippen MR) is 68.3 cm³/mol. The molecule has 4 nitrogen and oxygen atoms in total. The standard InChI is InChI=1S/C11H14ClFN2O2S/c1-6-2-7(3-6)15-18(16,17)11-5-10(14)9(13)4-8(11)12/h4-7,15H,2-3,14H2,1H3. The lowest BCUT2D eigenvalue weighted by Gasteiger charge is -2.33. The lowest BCUT2D eigenvalue weighted by atomic mass is 9.83. The first-order valence-electron chi connectivity index (χ1n) is 5.56. The first-order chi connectivity index (χ1) is 8.29. The molecule has 100 valence electrons. The van der Waals surface area contributed by atoms with E-state index in [4.69, 9.17) is 17.3 Å². The highest BCUT2D eigenvalue weighted by Crippen LogP contribution is 2.30. The highest BCUT2D eigenvalue weighted by molar-refractivity contribution is 7.89.